The Bertz CT molecular complexity index is 632. The molecule has 0 saturated heterocycles. The second-order valence-corrected chi connectivity index (χ2v) is 6.35. The van der Waals surface area contributed by atoms with Crippen molar-refractivity contribution < 1.29 is 18.1 Å². The molecule has 0 amide bonds. The summed E-state index contributed by atoms with van der Waals surface area (Å²) in [7, 11) is -0.978. The van der Waals surface area contributed by atoms with Crippen molar-refractivity contribution in [1.29, 1.82) is 0 Å². The number of phosphoric ester groups is 1. The first-order valence-electron chi connectivity index (χ1n) is 6.85. The second-order valence-electron chi connectivity index (χ2n) is 4.52. The van der Waals surface area contributed by atoms with Gasteiger partial charge in [0.25, 0.3) is 0 Å². The van der Waals surface area contributed by atoms with Gasteiger partial charge in [-0.1, -0.05) is 72.8 Å². The van der Waals surface area contributed by atoms with Crippen LogP contribution in [0.1, 0.15) is 17.2 Å². The Morgan fingerprint density at radius 3 is 2.00 bits per heavy atom. The summed E-state index contributed by atoms with van der Waals surface area (Å²) < 4.78 is 27.6. The SMILES string of the molecule is COP(=O)(OC)OC(/C=C/c1ccccc1)c1ccccc1. The minimum Gasteiger partial charge on any atom is -0.290 e. The van der Waals surface area contributed by atoms with Crippen LogP contribution in [0.15, 0.2) is 66.7 Å². The first-order valence-corrected chi connectivity index (χ1v) is 8.31. The molecule has 1 atom stereocenters. The van der Waals surface area contributed by atoms with E-state index in [1.54, 1.807) is 0 Å². The van der Waals surface area contributed by atoms with E-state index < -0.39 is 13.9 Å². The van der Waals surface area contributed by atoms with Crippen LogP contribution in [0.5, 0.6) is 0 Å². The standard InChI is InChI=1S/C17H19O4P/c1-19-22(18,20-2)21-17(16-11-7-4-8-12-16)14-13-15-9-5-3-6-10-15/h3-14,17H,1-2H3/b14-13+. The molecule has 0 saturated carbocycles. The van der Waals surface area contributed by atoms with Crippen LogP contribution in [0.4, 0.5) is 0 Å². The zero-order valence-electron chi connectivity index (χ0n) is 12.6. The Kier molecular flexibility index (Phi) is 6.10. The number of rotatable bonds is 7. The molecule has 1 unspecified atom stereocenters. The lowest BCUT2D eigenvalue weighted by atomic mass is 10.1. The van der Waals surface area contributed by atoms with Crippen LogP contribution < -0.4 is 0 Å². The lowest BCUT2D eigenvalue weighted by molar-refractivity contribution is 0.126. The maximum absolute atomic E-state index is 12.2. The predicted octanol–water partition coefficient (Wildman–Crippen LogP) is 4.86. The summed E-state index contributed by atoms with van der Waals surface area (Å²) in [4.78, 5) is 0. The Morgan fingerprint density at radius 2 is 1.45 bits per heavy atom. The van der Waals surface area contributed by atoms with Crippen molar-refractivity contribution in [1.82, 2.24) is 0 Å². The molecule has 0 bridgehead atoms. The molecule has 116 valence electrons. The summed E-state index contributed by atoms with van der Waals surface area (Å²) in [6.07, 6.45) is 3.20. The maximum atomic E-state index is 12.2. The Labute approximate surface area is 131 Å². The third-order valence-electron chi connectivity index (χ3n) is 3.08. The molecule has 0 aliphatic carbocycles. The number of phosphoric acid groups is 1. The third-order valence-corrected chi connectivity index (χ3v) is 4.46. The molecule has 2 aromatic carbocycles. The quantitative estimate of drug-likeness (QED) is 0.684. The second kappa shape index (κ2) is 8.06. The van der Waals surface area contributed by atoms with Crippen LogP contribution >= 0.6 is 7.82 Å². The summed E-state index contributed by atoms with van der Waals surface area (Å²) in [5.74, 6) is 0. The summed E-state index contributed by atoms with van der Waals surface area (Å²) in [6.45, 7) is 0. The van der Waals surface area contributed by atoms with E-state index in [4.69, 9.17) is 13.6 Å². The van der Waals surface area contributed by atoms with Crippen LogP contribution in [-0.4, -0.2) is 14.2 Å². The van der Waals surface area contributed by atoms with Crippen molar-refractivity contribution in [3.8, 4) is 0 Å². The van der Waals surface area contributed by atoms with Gasteiger partial charge in [0.15, 0.2) is 0 Å². The van der Waals surface area contributed by atoms with Gasteiger partial charge in [-0.25, -0.2) is 4.57 Å². The van der Waals surface area contributed by atoms with E-state index in [-0.39, 0.29) is 0 Å². The minimum atomic E-state index is -3.58. The summed E-state index contributed by atoms with van der Waals surface area (Å²) in [5.41, 5.74) is 1.89. The van der Waals surface area contributed by atoms with Gasteiger partial charge in [-0.2, -0.15) is 0 Å². The van der Waals surface area contributed by atoms with E-state index in [0.29, 0.717) is 0 Å². The molecule has 0 radical (unpaired) electrons. The average Bonchev–Trinajstić information content (AvgIpc) is 2.60. The highest BCUT2D eigenvalue weighted by atomic mass is 31.2. The number of benzene rings is 2. The monoisotopic (exact) mass is 318 g/mol. The molecule has 0 aromatic heterocycles. The third kappa shape index (κ3) is 4.65. The lowest BCUT2D eigenvalue weighted by Crippen LogP contribution is -2.02. The van der Waals surface area contributed by atoms with E-state index in [2.05, 4.69) is 0 Å². The van der Waals surface area contributed by atoms with E-state index in [1.165, 1.54) is 14.2 Å². The smallest absolute Gasteiger partial charge is 0.290 e. The maximum Gasteiger partial charge on any atom is 0.475 e. The fourth-order valence-electron chi connectivity index (χ4n) is 1.91. The number of hydrogen-bond donors (Lipinski definition) is 0. The fourth-order valence-corrected chi connectivity index (χ4v) is 2.70. The van der Waals surface area contributed by atoms with Crippen molar-refractivity contribution >= 4 is 13.9 Å². The van der Waals surface area contributed by atoms with Gasteiger partial charge in [-0.05, 0) is 11.1 Å². The molecular formula is C17H19O4P. The molecule has 2 rings (SSSR count). The van der Waals surface area contributed by atoms with Gasteiger partial charge in [-0.15, -0.1) is 0 Å². The topological polar surface area (TPSA) is 44.8 Å². The van der Waals surface area contributed by atoms with Crippen LogP contribution in [0.25, 0.3) is 6.08 Å². The first kappa shape index (κ1) is 16.7. The molecule has 22 heavy (non-hydrogen) atoms. The normalized spacial score (nSPS) is 13.4. The van der Waals surface area contributed by atoms with Crippen LogP contribution in [-0.2, 0) is 18.1 Å². The van der Waals surface area contributed by atoms with Crippen LogP contribution in [0.2, 0.25) is 0 Å². The predicted molar refractivity (Wildman–Crippen MR) is 87.4 cm³/mol. The van der Waals surface area contributed by atoms with E-state index in [9.17, 15) is 4.57 Å². The molecule has 0 aliphatic rings. The van der Waals surface area contributed by atoms with Gasteiger partial charge in [-0.3, -0.25) is 13.6 Å². The minimum absolute atomic E-state index is 0.535. The number of hydrogen-bond acceptors (Lipinski definition) is 4. The molecule has 0 N–H and O–H groups in total. The molecule has 0 heterocycles. The van der Waals surface area contributed by atoms with Gasteiger partial charge in [0.2, 0.25) is 0 Å². The van der Waals surface area contributed by atoms with E-state index in [0.717, 1.165) is 11.1 Å². The zero-order chi connectivity index (χ0) is 15.8. The molecule has 0 aliphatic heterocycles. The van der Waals surface area contributed by atoms with Crippen molar-refractivity contribution in [3.05, 3.63) is 77.9 Å². The van der Waals surface area contributed by atoms with Gasteiger partial charge in [0, 0.05) is 14.2 Å². The van der Waals surface area contributed by atoms with Crippen molar-refractivity contribution in [3.63, 3.8) is 0 Å². The van der Waals surface area contributed by atoms with Gasteiger partial charge < -0.3 is 0 Å². The average molecular weight is 318 g/mol. The Hall–Kier alpha value is -1.71. The van der Waals surface area contributed by atoms with Gasteiger partial charge in [0.1, 0.15) is 6.10 Å². The largest absolute Gasteiger partial charge is 0.475 e. The van der Waals surface area contributed by atoms with Crippen molar-refractivity contribution in [2.75, 3.05) is 14.2 Å². The van der Waals surface area contributed by atoms with Crippen LogP contribution in [0, 0.1) is 0 Å². The Balaban J connectivity index is 2.26. The molecule has 0 fully saturated rings. The summed E-state index contributed by atoms with van der Waals surface area (Å²) >= 11 is 0. The van der Waals surface area contributed by atoms with Crippen LogP contribution in [0.3, 0.4) is 0 Å². The van der Waals surface area contributed by atoms with E-state index in [1.807, 2.05) is 72.8 Å². The molecule has 2 aromatic rings. The van der Waals surface area contributed by atoms with Gasteiger partial charge >= 0.3 is 7.82 Å². The summed E-state index contributed by atoms with van der Waals surface area (Å²) in [5, 5.41) is 0. The van der Waals surface area contributed by atoms with Crippen molar-refractivity contribution in [2.45, 2.75) is 6.10 Å². The van der Waals surface area contributed by atoms with E-state index >= 15 is 0 Å². The highest BCUT2D eigenvalue weighted by molar-refractivity contribution is 7.48. The summed E-state index contributed by atoms with van der Waals surface area (Å²) in [6, 6.07) is 19.3. The Morgan fingerprint density at radius 1 is 0.909 bits per heavy atom. The molecule has 4 nitrogen and oxygen atoms in total. The zero-order valence-corrected chi connectivity index (χ0v) is 13.5. The highest BCUT2D eigenvalue weighted by Gasteiger charge is 2.27. The molecule has 0 spiro atoms. The molecular weight excluding hydrogens is 299 g/mol. The first-order chi connectivity index (χ1) is 10.7. The lowest BCUT2D eigenvalue weighted by Gasteiger charge is -2.19. The highest BCUT2D eigenvalue weighted by Crippen LogP contribution is 2.51. The van der Waals surface area contributed by atoms with Crippen molar-refractivity contribution in [2.24, 2.45) is 0 Å². The molecule has 5 heteroatoms. The van der Waals surface area contributed by atoms with Gasteiger partial charge in [0.05, 0.1) is 0 Å². The fraction of sp³-hybridized carbons (Fsp3) is 0.176.